The number of hydrogen-bond donors (Lipinski definition) is 1. The Hall–Kier alpha value is -0.470. The molecule has 0 saturated heterocycles. The van der Waals surface area contributed by atoms with Crippen LogP contribution in [0.15, 0.2) is 18.2 Å². The number of likely N-dealkylation sites (N-methyl/N-ethyl adjacent to an activating group) is 1. The average molecular weight is 237 g/mol. The molecule has 1 aromatic carbocycles. The van der Waals surface area contributed by atoms with E-state index in [0.717, 1.165) is 6.42 Å². The van der Waals surface area contributed by atoms with Crippen molar-refractivity contribution in [3.63, 3.8) is 0 Å². The van der Waals surface area contributed by atoms with E-state index in [1.165, 1.54) is 28.9 Å². The van der Waals surface area contributed by atoms with Crippen LogP contribution in [0.5, 0.6) is 0 Å². The van der Waals surface area contributed by atoms with E-state index in [1.807, 2.05) is 11.8 Å². The number of rotatable bonds is 6. The Bertz CT molecular complexity index is 302. The summed E-state index contributed by atoms with van der Waals surface area (Å²) >= 11 is 1.92. The van der Waals surface area contributed by atoms with Crippen molar-refractivity contribution in [3.05, 3.63) is 34.9 Å². The summed E-state index contributed by atoms with van der Waals surface area (Å²) in [5.74, 6) is 1.23. The number of aryl methyl sites for hydroxylation is 2. The fourth-order valence-electron chi connectivity index (χ4n) is 2.03. The normalized spacial score (nSPS) is 12.8. The summed E-state index contributed by atoms with van der Waals surface area (Å²) in [6, 6.07) is 7.17. The Morgan fingerprint density at radius 2 is 1.88 bits per heavy atom. The molecule has 0 aliphatic rings. The minimum absolute atomic E-state index is 0.604. The first-order valence-electron chi connectivity index (χ1n) is 5.90. The molecule has 0 amide bonds. The maximum absolute atomic E-state index is 3.43. The molecule has 2 heteroatoms. The van der Waals surface area contributed by atoms with Gasteiger partial charge in [0.25, 0.3) is 0 Å². The second kappa shape index (κ2) is 6.97. The van der Waals surface area contributed by atoms with E-state index >= 15 is 0 Å². The minimum Gasteiger partial charge on any atom is -0.317 e. The Morgan fingerprint density at radius 1 is 1.25 bits per heavy atom. The quantitative estimate of drug-likeness (QED) is 0.815. The zero-order chi connectivity index (χ0) is 12.0. The second-order valence-corrected chi connectivity index (χ2v) is 5.33. The van der Waals surface area contributed by atoms with E-state index < -0.39 is 0 Å². The first-order valence-corrected chi connectivity index (χ1v) is 7.29. The summed E-state index contributed by atoms with van der Waals surface area (Å²) in [4.78, 5) is 0. The molecule has 0 aliphatic carbocycles. The Labute approximate surface area is 104 Å². The Morgan fingerprint density at radius 3 is 2.38 bits per heavy atom. The molecule has 0 saturated carbocycles. The summed E-state index contributed by atoms with van der Waals surface area (Å²) in [7, 11) is 2.07. The summed E-state index contributed by atoms with van der Waals surface area (Å²) in [5, 5.41) is 3.43. The van der Waals surface area contributed by atoms with E-state index in [4.69, 9.17) is 0 Å². The van der Waals surface area contributed by atoms with Crippen LogP contribution in [-0.2, 0) is 6.42 Å². The molecule has 0 aliphatic heterocycles. The van der Waals surface area contributed by atoms with Crippen LogP contribution in [0.1, 0.15) is 23.1 Å². The van der Waals surface area contributed by atoms with Crippen molar-refractivity contribution >= 4 is 11.8 Å². The first-order chi connectivity index (χ1) is 7.69. The highest BCUT2D eigenvalue weighted by atomic mass is 32.2. The smallest absolute Gasteiger partial charge is 0.0112 e. The predicted octanol–water partition coefficient (Wildman–Crippen LogP) is 3.19. The molecule has 1 unspecified atom stereocenters. The minimum atomic E-state index is 0.604. The fraction of sp³-hybridized carbons (Fsp3) is 0.571. The lowest BCUT2D eigenvalue weighted by atomic mass is 9.95. The van der Waals surface area contributed by atoms with E-state index in [1.54, 1.807) is 0 Å². The van der Waals surface area contributed by atoms with Crippen LogP contribution < -0.4 is 5.32 Å². The average Bonchev–Trinajstić information content (AvgIpc) is 2.28. The van der Waals surface area contributed by atoms with Gasteiger partial charge in [-0.05, 0) is 62.4 Å². The molecule has 0 bridgehead atoms. The number of nitrogens with one attached hydrogen (secondary N) is 1. The molecule has 1 nitrogen and oxygen atoms in total. The summed E-state index contributed by atoms with van der Waals surface area (Å²) in [6.07, 6.45) is 4.56. The van der Waals surface area contributed by atoms with Crippen LogP contribution in [0.2, 0.25) is 0 Å². The van der Waals surface area contributed by atoms with Crippen molar-refractivity contribution in [1.82, 2.24) is 5.32 Å². The van der Waals surface area contributed by atoms with Gasteiger partial charge in [-0.2, -0.15) is 11.8 Å². The molecule has 90 valence electrons. The highest BCUT2D eigenvalue weighted by molar-refractivity contribution is 7.98. The molecule has 0 aromatic heterocycles. The van der Waals surface area contributed by atoms with Crippen molar-refractivity contribution in [2.24, 2.45) is 0 Å². The van der Waals surface area contributed by atoms with E-state index in [0.29, 0.717) is 6.04 Å². The van der Waals surface area contributed by atoms with Crippen LogP contribution >= 0.6 is 11.8 Å². The molecule has 16 heavy (non-hydrogen) atoms. The molecule has 1 N–H and O–H groups in total. The van der Waals surface area contributed by atoms with Crippen LogP contribution in [0.3, 0.4) is 0 Å². The van der Waals surface area contributed by atoms with Crippen molar-refractivity contribution in [3.8, 4) is 0 Å². The predicted molar refractivity (Wildman–Crippen MR) is 75.5 cm³/mol. The van der Waals surface area contributed by atoms with Crippen molar-refractivity contribution in [2.45, 2.75) is 32.7 Å². The summed E-state index contributed by atoms with van der Waals surface area (Å²) < 4.78 is 0. The van der Waals surface area contributed by atoms with Gasteiger partial charge in [0, 0.05) is 6.04 Å². The number of thioether (sulfide) groups is 1. The molecular weight excluding hydrogens is 214 g/mol. The van der Waals surface area contributed by atoms with Gasteiger partial charge in [0.05, 0.1) is 0 Å². The lowest BCUT2D eigenvalue weighted by molar-refractivity contribution is 0.545. The third-order valence-corrected chi connectivity index (χ3v) is 3.82. The van der Waals surface area contributed by atoms with Gasteiger partial charge < -0.3 is 5.32 Å². The topological polar surface area (TPSA) is 12.0 Å². The van der Waals surface area contributed by atoms with Gasteiger partial charge in [0.1, 0.15) is 0 Å². The Kier molecular flexibility index (Phi) is 5.93. The molecule has 1 aromatic rings. The summed E-state index contributed by atoms with van der Waals surface area (Å²) in [5.41, 5.74) is 4.36. The van der Waals surface area contributed by atoms with Crippen LogP contribution in [-0.4, -0.2) is 25.1 Å². The lowest BCUT2D eigenvalue weighted by Crippen LogP contribution is -2.28. The number of hydrogen-bond acceptors (Lipinski definition) is 2. The van der Waals surface area contributed by atoms with Crippen molar-refractivity contribution in [1.29, 1.82) is 0 Å². The molecule has 0 heterocycles. The molecule has 1 rings (SSSR count). The van der Waals surface area contributed by atoms with Gasteiger partial charge in [-0.1, -0.05) is 18.2 Å². The maximum Gasteiger partial charge on any atom is 0.0112 e. The Balaban J connectivity index is 2.69. The van der Waals surface area contributed by atoms with Gasteiger partial charge in [-0.25, -0.2) is 0 Å². The molecule has 1 atom stereocenters. The first kappa shape index (κ1) is 13.6. The maximum atomic E-state index is 3.43. The largest absolute Gasteiger partial charge is 0.317 e. The van der Waals surface area contributed by atoms with Crippen LogP contribution in [0.4, 0.5) is 0 Å². The highest BCUT2D eigenvalue weighted by Crippen LogP contribution is 2.16. The summed E-state index contributed by atoms with van der Waals surface area (Å²) in [6.45, 7) is 4.42. The SMILES string of the molecule is CNC(CCSC)Cc1c(C)cccc1C. The van der Waals surface area contributed by atoms with E-state index in [-0.39, 0.29) is 0 Å². The fourth-order valence-corrected chi connectivity index (χ4v) is 2.55. The molecule has 0 radical (unpaired) electrons. The third kappa shape index (κ3) is 3.84. The van der Waals surface area contributed by atoms with Crippen LogP contribution in [0.25, 0.3) is 0 Å². The highest BCUT2D eigenvalue weighted by Gasteiger charge is 2.10. The van der Waals surface area contributed by atoms with Crippen LogP contribution in [0, 0.1) is 13.8 Å². The van der Waals surface area contributed by atoms with Gasteiger partial charge in [0.15, 0.2) is 0 Å². The molecule has 0 fully saturated rings. The van der Waals surface area contributed by atoms with E-state index in [9.17, 15) is 0 Å². The van der Waals surface area contributed by atoms with Gasteiger partial charge in [0.2, 0.25) is 0 Å². The standard InChI is InChI=1S/C14H23NS/c1-11-6-5-7-12(2)14(11)10-13(15-3)8-9-16-4/h5-7,13,15H,8-10H2,1-4H3. The molecule has 0 spiro atoms. The van der Waals surface area contributed by atoms with E-state index in [2.05, 4.69) is 50.7 Å². The zero-order valence-electron chi connectivity index (χ0n) is 10.8. The zero-order valence-corrected chi connectivity index (χ0v) is 11.7. The lowest BCUT2D eigenvalue weighted by Gasteiger charge is -2.18. The number of benzene rings is 1. The van der Waals surface area contributed by atoms with Gasteiger partial charge in [-0.3, -0.25) is 0 Å². The third-order valence-electron chi connectivity index (χ3n) is 3.17. The van der Waals surface area contributed by atoms with Gasteiger partial charge >= 0.3 is 0 Å². The second-order valence-electron chi connectivity index (χ2n) is 4.34. The molecular formula is C14H23NS. The monoisotopic (exact) mass is 237 g/mol. The van der Waals surface area contributed by atoms with Gasteiger partial charge in [-0.15, -0.1) is 0 Å². The van der Waals surface area contributed by atoms with Crippen molar-refractivity contribution in [2.75, 3.05) is 19.1 Å². The van der Waals surface area contributed by atoms with Crippen molar-refractivity contribution < 1.29 is 0 Å².